The van der Waals surface area contributed by atoms with E-state index in [1.165, 1.54) is 43.2 Å². The van der Waals surface area contributed by atoms with Gasteiger partial charge in [0.05, 0.1) is 11.6 Å². The van der Waals surface area contributed by atoms with E-state index >= 15 is 0 Å². The van der Waals surface area contributed by atoms with Gasteiger partial charge in [-0.1, -0.05) is 62.9 Å². The highest BCUT2D eigenvalue weighted by Crippen LogP contribution is 2.45. The summed E-state index contributed by atoms with van der Waals surface area (Å²) < 4.78 is 5.89. The smallest absolute Gasteiger partial charge is 0.138 e. The monoisotopic (exact) mass is 348 g/mol. The molecule has 1 N–H and O–H groups in total. The van der Waals surface area contributed by atoms with E-state index in [9.17, 15) is 5.11 Å². The Morgan fingerprint density at radius 1 is 1.04 bits per heavy atom. The summed E-state index contributed by atoms with van der Waals surface area (Å²) in [5.74, 6) is 0.992. The van der Waals surface area contributed by atoms with Crippen LogP contribution in [0.2, 0.25) is 0 Å². The minimum Gasteiger partial charge on any atom is -0.507 e. The third-order valence-electron chi connectivity index (χ3n) is 6.35. The SMILES string of the molecule is Cc1cccc(-c2coc3cc(C(C)(C)C4CCCCC4)cc(O)c23)c1. The Morgan fingerprint density at radius 3 is 2.54 bits per heavy atom. The van der Waals surface area contributed by atoms with E-state index in [1.54, 1.807) is 6.26 Å². The molecule has 2 aromatic carbocycles. The Labute approximate surface area is 155 Å². The fourth-order valence-electron chi connectivity index (χ4n) is 4.60. The Bertz CT molecular complexity index is 927. The van der Waals surface area contributed by atoms with Crippen molar-refractivity contribution in [2.75, 3.05) is 0 Å². The van der Waals surface area contributed by atoms with Crippen LogP contribution in [0.3, 0.4) is 0 Å². The molecule has 0 radical (unpaired) electrons. The van der Waals surface area contributed by atoms with E-state index in [0.29, 0.717) is 11.7 Å². The standard InChI is InChI=1S/C24H28O2/c1-16-8-7-9-17(12-16)20-15-26-22-14-19(13-21(25)23(20)22)24(2,3)18-10-5-4-6-11-18/h7-9,12-15,18,25H,4-6,10-11H2,1-3H3. The highest BCUT2D eigenvalue weighted by Gasteiger charge is 2.33. The summed E-state index contributed by atoms with van der Waals surface area (Å²) in [6, 6.07) is 12.4. The van der Waals surface area contributed by atoms with Crippen molar-refractivity contribution < 1.29 is 9.52 Å². The Kier molecular flexibility index (Phi) is 4.30. The van der Waals surface area contributed by atoms with Gasteiger partial charge in [-0.3, -0.25) is 0 Å². The van der Waals surface area contributed by atoms with E-state index in [2.05, 4.69) is 45.0 Å². The van der Waals surface area contributed by atoms with Crippen LogP contribution in [0, 0.1) is 12.8 Å². The molecule has 0 amide bonds. The van der Waals surface area contributed by atoms with Crippen molar-refractivity contribution in [3.8, 4) is 16.9 Å². The highest BCUT2D eigenvalue weighted by molar-refractivity contribution is 5.98. The summed E-state index contributed by atoms with van der Waals surface area (Å²) in [6.45, 7) is 6.71. The first-order chi connectivity index (χ1) is 12.5. The molecule has 26 heavy (non-hydrogen) atoms. The molecule has 1 aliphatic rings. The van der Waals surface area contributed by atoms with E-state index in [4.69, 9.17) is 4.42 Å². The van der Waals surface area contributed by atoms with Crippen molar-refractivity contribution >= 4 is 11.0 Å². The van der Waals surface area contributed by atoms with Crippen LogP contribution in [0.15, 0.2) is 47.1 Å². The molecule has 0 aliphatic heterocycles. The number of phenolic OH excluding ortho intramolecular Hbond substituents is 1. The predicted octanol–water partition coefficient (Wildman–Crippen LogP) is 6.97. The molecule has 0 unspecified atom stereocenters. The second kappa shape index (κ2) is 6.50. The topological polar surface area (TPSA) is 33.4 Å². The van der Waals surface area contributed by atoms with Crippen LogP contribution < -0.4 is 0 Å². The number of furan rings is 1. The molecule has 3 aromatic rings. The fraction of sp³-hybridized carbons (Fsp3) is 0.417. The third-order valence-corrected chi connectivity index (χ3v) is 6.35. The lowest BCUT2D eigenvalue weighted by atomic mass is 9.67. The molecule has 1 heterocycles. The minimum absolute atomic E-state index is 0.0440. The van der Waals surface area contributed by atoms with E-state index in [0.717, 1.165) is 22.1 Å². The molecule has 0 saturated heterocycles. The molecule has 0 bridgehead atoms. The van der Waals surface area contributed by atoms with E-state index in [-0.39, 0.29) is 5.41 Å². The van der Waals surface area contributed by atoms with E-state index in [1.807, 2.05) is 12.1 Å². The lowest BCUT2D eigenvalue weighted by Gasteiger charge is -2.37. The quantitative estimate of drug-likeness (QED) is 0.554. The molecular weight excluding hydrogens is 320 g/mol. The molecule has 1 aromatic heterocycles. The lowest BCUT2D eigenvalue weighted by molar-refractivity contribution is 0.235. The average Bonchev–Trinajstić information content (AvgIpc) is 3.07. The average molecular weight is 348 g/mol. The zero-order chi connectivity index (χ0) is 18.3. The third kappa shape index (κ3) is 2.92. The normalized spacial score (nSPS) is 16.3. The first kappa shape index (κ1) is 17.2. The second-order valence-corrected chi connectivity index (χ2v) is 8.44. The Hall–Kier alpha value is -2.22. The molecule has 2 nitrogen and oxygen atoms in total. The van der Waals surface area contributed by atoms with Crippen LogP contribution in [0.4, 0.5) is 0 Å². The summed E-state index contributed by atoms with van der Waals surface area (Å²) in [5, 5.41) is 11.7. The number of fused-ring (bicyclic) bond motifs is 1. The molecule has 4 rings (SSSR count). The van der Waals surface area contributed by atoms with Crippen molar-refractivity contribution in [2.45, 2.75) is 58.3 Å². The van der Waals surface area contributed by atoms with Gasteiger partial charge in [0.2, 0.25) is 0 Å². The van der Waals surface area contributed by atoms with Gasteiger partial charge in [-0.2, -0.15) is 0 Å². The maximum Gasteiger partial charge on any atom is 0.138 e. The van der Waals surface area contributed by atoms with Gasteiger partial charge in [-0.15, -0.1) is 0 Å². The van der Waals surface area contributed by atoms with Crippen LogP contribution in [-0.2, 0) is 5.41 Å². The van der Waals surface area contributed by atoms with Crippen LogP contribution in [-0.4, -0.2) is 5.11 Å². The van der Waals surface area contributed by atoms with Crippen LogP contribution in [0.1, 0.15) is 57.1 Å². The largest absolute Gasteiger partial charge is 0.507 e. The Morgan fingerprint density at radius 2 is 1.81 bits per heavy atom. The molecule has 136 valence electrons. The van der Waals surface area contributed by atoms with Gasteiger partial charge in [0.15, 0.2) is 0 Å². The van der Waals surface area contributed by atoms with Crippen LogP contribution in [0.25, 0.3) is 22.1 Å². The van der Waals surface area contributed by atoms with E-state index < -0.39 is 0 Å². The van der Waals surface area contributed by atoms with Crippen molar-refractivity contribution in [3.05, 3.63) is 53.8 Å². The predicted molar refractivity (Wildman–Crippen MR) is 108 cm³/mol. The first-order valence-corrected chi connectivity index (χ1v) is 9.78. The summed E-state index contributed by atoms with van der Waals surface area (Å²) in [4.78, 5) is 0. The number of hydrogen-bond acceptors (Lipinski definition) is 2. The van der Waals surface area contributed by atoms with Gasteiger partial charge in [-0.25, -0.2) is 0 Å². The summed E-state index contributed by atoms with van der Waals surface area (Å²) in [6.07, 6.45) is 8.32. The summed E-state index contributed by atoms with van der Waals surface area (Å²) in [7, 11) is 0. The fourth-order valence-corrected chi connectivity index (χ4v) is 4.60. The van der Waals surface area contributed by atoms with Crippen molar-refractivity contribution in [3.63, 3.8) is 0 Å². The van der Waals surface area contributed by atoms with Gasteiger partial charge in [0.1, 0.15) is 11.3 Å². The zero-order valence-corrected chi connectivity index (χ0v) is 16.0. The maximum absolute atomic E-state index is 10.9. The molecule has 1 saturated carbocycles. The molecular formula is C24H28O2. The lowest BCUT2D eigenvalue weighted by Crippen LogP contribution is -2.30. The van der Waals surface area contributed by atoms with Crippen molar-refractivity contribution in [2.24, 2.45) is 5.92 Å². The number of rotatable bonds is 3. The van der Waals surface area contributed by atoms with Gasteiger partial charge < -0.3 is 9.52 Å². The van der Waals surface area contributed by atoms with Crippen molar-refractivity contribution in [1.82, 2.24) is 0 Å². The maximum atomic E-state index is 10.9. The molecule has 1 fully saturated rings. The number of phenols is 1. The first-order valence-electron chi connectivity index (χ1n) is 9.78. The van der Waals surface area contributed by atoms with Gasteiger partial charge in [0, 0.05) is 5.56 Å². The second-order valence-electron chi connectivity index (χ2n) is 8.44. The number of aryl methyl sites for hydroxylation is 1. The summed E-state index contributed by atoms with van der Waals surface area (Å²) >= 11 is 0. The summed E-state index contributed by atoms with van der Waals surface area (Å²) in [5.41, 5.74) is 5.25. The van der Waals surface area contributed by atoms with Crippen LogP contribution >= 0.6 is 0 Å². The molecule has 0 spiro atoms. The number of aromatic hydroxyl groups is 1. The van der Waals surface area contributed by atoms with Gasteiger partial charge in [0.25, 0.3) is 0 Å². The van der Waals surface area contributed by atoms with Gasteiger partial charge in [-0.05, 0) is 54.4 Å². The molecule has 2 heteroatoms. The molecule has 1 aliphatic carbocycles. The number of hydrogen-bond donors (Lipinski definition) is 1. The van der Waals surface area contributed by atoms with Crippen molar-refractivity contribution in [1.29, 1.82) is 0 Å². The minimum atomic E-state index is 0.0440. The van der Waals surface area contributed by atoms with Crippen LogP contribution in [0.5, 0.6) is 5.75 Å². The highest BCUT2D eigenvalue weighted by atomic mass is 16.3. The molecule has 0 atom stereocenters. The van der Waals surface area contributed by atoms with Gasteiger partial charge >= 0.3 is 0 Å². The Balaban J connectivity index is 1.79. The zero-order valence-electron chi connectivity index (χ0n) is 16.0. The number of benzene rings is 2.